The van der Waals surface area contributed by atoms with Crippen LogP contribution in [0.3, 0.4) is 0 Å². The Kier molecular flexibility index (Phi) is 6.45. The molecule has 136 valence electrons. The molecule has 4 N–H and O–H groups in total. The topological polar surface area (TPSA) is 70.9 Å². The molecule has 0 fully saturated rings. The highest BCUT2D eigenvalue weighted by Crippen LogP contribution is 2.30. The third-order valence-corrected chi connectivity index (χ3v) is 4.67. The first-order valence-corrected chi connectivity index (χ1v) is 9.41. The first kappa shape index (κ1) is 18.2. The van der Waals surface area contributed by atoms with E-state index in [4.69, 9.17) is 5.73 Å². The van der Waals surface area contributed by atoms with Gasteiger partial charge in [0, 0.05) is 17.4 Å². The van der Waals surface area contributed by atoms with E-state index < -0.39 is 0 Å². The molecule has 1 aromatic heterocycles. The lowest BCUT2D eigenvalue weighted by Gasteiger charge is -2.07. The van der Waals surface area contributed by atoms with Crippen molar-refractivity contribution in [1.82, 2.24) is 10.3 Å². The standard InChI is InChI=1S/C22H27N3O/c23-14-8-1-2-9-15-24-21(26)16-19-18-12-6-7-13-20(18)25-22(19)17-10-4-3-5-11-17/h3-7,10-13,25H,1-2,8-9,14-16,23H2,(H,24,26). The van der Waals surface area contributed by atoms with E-state index in [9.17, 15) is 4.79 Å². The highest BCUT2D eigenvalue weighted by Gasteiger charge is 2.15. The van der Waals surface area contributed by atoms with Gasteiger partial charge in [0.1, 0.15) is 0 Å². The summed E-state index contributed by atoms with van der Waals surface area (Å²) in [6.07, 6.45) is 4.69. The maximum atomic E-state index is 12.5. The SMILES string of the molecule is NCCCCCCNC(=O)Cc1c(-c2ccccc2)[nH]c2ccccc12. The van der Waals surface area contributed by atoms with Crippen molar-refractivity contribution in [1.29, 1.82) is 0 Å². The first-order chi connectivity index (χ1) is 12.8. The van der Waals surface area contributed by atoms with E-state index >= 15 is 0 Å². The Morgan fingerprint density at radius 1 is 0.923 bits per heavy atom. The number of carbonyl (C=O) groups excluding carboxylic acids is 1. The van der Waals surface area contributed by atoms with Gasteiger partial charge in [0.2, 0.25) is 5.91 Å². The van der Waals surface area contributed by atoms with E-state index in [1.807, 2.05) is 30.3 Å². The van der Waals surface area contributed by atoms with E-state index in [2.05, 4.69) is 34.6 Å². The maximum absolute atomic E-state index is 12.5. The molecule has 0 unspecified atom stereocenters. The second-order valence-electron chi connectivity index (χ2n) is 6.62. The number of H-pyrrole nitrogens is 1. The zero-order valence-electron chi connectivity index (χ0n) is 15.1. The number of aromatic amines is 1. The number of para-hydroxylation sites is 1. The van der Waals surface area contributed by atoms with Crippen LogP contribution in [0, 0.1) is 0 Å². The quantitative estimate of drug-likeness (QED) is 0.511. The minimum atomic E-state index is 0.0748. The molecule has 0 aliphatic rings. The molecule has 3 aromatic rings. The lowest BCUT2D eigenvalue weighted by molar-refractivity contribution is -0.120. The fourth-order valence-electron chi connectivity index (χ4n) is 3.31. The number of amides is 1. The average molecular weight is 349 g/mol. The monoisotopic (exact) mass is 349 g/mol. The largest absolute Gasteiger partial charge is 0.356 e. The first-order valence-electron chi connectivity index (χ1n) is 9.41. The van der Waals surface area contributed by atoms with Crippen molar-refractivity contribution in [2.24, 2.45) is 5.73 Å². The van der Waals surface area contributed by atoms with E-state index in [1.54, 1.807) is 0 Å². The van der Waals surface area contributed by atoms with Crippen LogP contribution in [0.2, 0.25) is 0 Å². The lowest BCUT2D eigenvalue weighted by atomic mass is 10.0. The normalized spacial score (nSPS) is 11.0. The van der Waals surface area contributed by atoms with Gasteiger partial charge >= 0.3 is 0 Å². The smallest absolute Gasteiger partial charge is 0.224 e. The van der Waals surface area contributed by atoms with Gasteiger partial charge in [-0.05, 0) is 36.6 Å². The van der Waals surface area contributed by atoms with E-state index in [0.29, 0.717) is 6.42 Å². The molecule has 4 heteroatoms. The molecule has 0 aliphatic carbocycles. The molecule has 1 amide bonds. The van der Waals surface area contributed by atoms with E-state index in [-0.39, 0.29) is 5.91 Å². The summed E-state index contributed by atoms with van der Waals surface area (Å²) in [6.45, 7) is 1.47. The summed E-state index contributed by atoms with van der Waals surface area (Å²) in [6, 6.07) is 18.4. The molecule has 0 radical (unpaired) electrons. The summed E-state index contributed by atoms with van der Waals surface area (Å²) >= 11 is 0. The number of benzene rings is 2. The highest BCUT2D eigenvalue weighted by atomic mass is 16.1. The predicted octanol–water partition coefficient (Wildman–Crippen LogP) is 4.01. The zero-order chi connectivity index (χ0) is 18.2. The number of fused-ring (bicyclic) bond motifs is 1. The van der Waals surface area contributed by atoms with E-state index in [0.717, 1.165) is 66.5 Å². The maximum Gasteiger partial charge on any atom is 0.224 e. The van der Waals surface area contributed by atoms with E-state index in [1.165, 1.54) is 0 Å². The molecule has 0 atom stereocenters. The Labute approximate surface area is 154 Å². The van der Waals surface area contributed by atoms with Crippen molar-refractivity contribution in [3.63, 3.8) is 0 Å². The average Bonchev–Trinajstić information content (AvgIpc) is 3.04. The van der Waals surface area contributed by atoms with Crippen molar-refractivity contribution in [3.8, 4) is 11.3 Å². The molecule has 0 saturated heterocycles. The van der Waals surface area contributed by atoms with Crippen LogP contribution in [0.5, 0.6) is 0 Å². The summed E-state index contributed by atoms with van der Waals surface area (Å²) in [5.41, 5.74) is 9.77. The molecule has 4 nitrogen and oxygen atoms in total. The molecule has 0 saturated carbocycles. The number of rotatable bonds is 9. The fourth-order valence-corrected chi connectivity index (χ4v) is 3.31. The summed E-state index contributed by atoms with van der Waals surface area (Å²) in [5, 5.41) is 4.17. The Morgan fingerprint density at radius 3 is 2.46 bits per heavy atom. The number of aromatic nitrogens is 1. The molecule has 2 aromatic carbocycles. The molecule has 0 aliphatic heterocycles. The van der Waals surface area contributed by atoms with Crippen LogP contribution in [-0.2, 0) is 11.2 Å². The lowest BCUT2D eigenvalue weighted by Crippen LogP contribution is -2.26. The zero-order valence-corrected chi connectivity index (χ0v) is 15.1. The van der Waals surface area contributed by atoms with Crippen LogP contribution in [0.1, 0.15) is 31.2 Å². The van der Waals surface area contributed by atoms with Gasteiger partial charge in [-0.3, -0.25) is 4.79 Å². The van der Waals surface area contributed by atoms with Crippen molar-refractivity contribution < 1.29 is 4.79 Å². The van der Waals surface area contributed by atoms with Crippen molar-refractivity contribution in [3.05, 3.63) is 60.2 Å². The highest BCUT2D eigenvalue weighted by molar-refractivity contribution is 5.95. The van der Waals surface area contributed by atoms with Gasteiger partial charge in [-0.2, -0.15) is 0 Å². The van der Waals surface area contributed by atoms with Crippen LogP contribution < -0.4 is 11.1 Å². The van der Waals surface area contributed by atoms with Gasteiger partial charge in [-0.1, -0.05) is 61.4 Å². The van der Waals surface area contributed by atoms with Gasteiger partial charge in [0.25, 0.3) is 0 Å². The minimum absolute atomic E-state index is 0.0748. The van der Waals surface area contributed by atoms with Crippen LogP contribution in [0.15, 0.2) is 54.6 Å². The second kappa shape index (κ2) is 9.20. The summed E-state index contributed by atoms with van der Waals surface area (Å²) < 4.78 is 0. The Balaban J connectivity index is 1.71. The number of hydrogen-bond acceptors (Lipinski definition) is 2. The van der Waals surface area contributed by atoms with Gasteiger partial charge in [0.05, 0.1) is 12.1 Å². The molecule has 1 heterocycles. The molecular formula is C22H27N3O. The van der Waals surface area contributed by atoms with Crippen molar-refractivity contribution >= 4 is 16.8 Å². The Morgan fingerprint density at radius 2 is 1.65 bits per heavy atom. The second-order valence-corrected chi connectivity index (χ2v) is 6.62. The molecule has 3 rings (SSSR count). The van der Waals surface area contributed by atoms with Gasteiger partial charge in [0.15, 0.2) is 0 Å². The number of nitrogens with one attached hydrogen (secondary N) is 2. The van der Waals surface area contributed by atoms with Gasteiger partial charge in [-0.15, -0.1) is 0 Å². The summed E-state index contributed by atoms with van der Waals surface area (Å²) in [5.74, 6) is 0.0748. The Bertz CT molecular complexity index is 839. The van der Waals surface area contributed by atoms with Gasteiger partial charge in [-0.25, -0.2) is 0 Å². The van der Waals surface area contributed by atoms with Crippen molar-refractivity contribution in [2.45, 2.75) is 32.1 Å². The number of carbonyl (C=O) groups is 1. The number of unbranched alkanes of at least 4 members (excludes halogenated alkanes) is 3. The number of hydrogen-bond donors (Lipinski definition) is 3. The minimum Gasteiger partial charge on any atom is -0.356 e. The van der Waals surface area contributed by atoms with Crippen LogP contribution in [-0.4, -0.2) is 24.0 Å². The molecule has 26 heavy (non-hydrogen) atoms. The number of nitrogens with two attached hydrogens (primary N) is 1. The molecular weight excluding hydrogens is 322 g/mol. The van der Waals surface area contributed by atoms with Crippen LogP contribution in [0.4, 0.5) is 0 Å². The van der Waals surface area contributed by atoms with Gasteiger partial charge < -0.3 is 16.0 Å². The molecule has 0 bridgehead atoms. The molecule has 0 spiro atoms. The van der Waals surface area contributed by atoms with Crippen LogP contribution in [0.25, 0.3) is 22.2 Å². The third kappa shape index (κ3) is 4.52. The summed E-state index contributed by atoms with van der Waals surface area (Å²) in [7, 11) is 0. The Hall–Kier alpha value is -2.59. The predicted molar refractivity (Wildman–Crippen MR) is 108 cm³/mol. The van der Waals surface area contributed by atoms with Crippen LogP contribution >= 0.6 is 0 Å². The third-order valence-electron chi connectivity index (χ3n) is 4.67. The van der Waals surface area contributed by atoms with Crippen molar-refractivity contribution in [2.75, 3.05) is 13.1 Å². The fraction of sp³-hybridized carbons (Fsp3) is 0.318. The summed E-state index contributed by atoms with van der Waals surface area (Å²) in [4.78, 5) is 16.0.